The van der Waals surface area contributed by atoms with E-state index in [-0.39, 0.29) is 18.0 Å². The van der Waals surface area contributed by atoms with E-state index >= 15 is 0 Å². The summed E-state index contributed by atoms with van der Waals surface area (Å²) in [7, 11) is 1.38. The van der Waals surface area contributed by atoms with E-state index in [1.54, 1.807) is 48.5 Å². The molecule has 4 rings (SSSR count). The summed E-state index contributed by atoms with van der Waals surface area (Å²) in [6.45, 7) is 1.40. The minimum atomic E-state index is -0.752. The first-order chi connectivity index (χ1) is 17.9. The van der Waals surface area contributed by atoms with Crippen molar-refractivity contribution in [3.05, 3.63) is 100 Å². The molecule has 0 atom stereocenters. The number of pyridine rings is 1. The Bertz CT molecular complexity index is 1500. The van der Waals surface area contributed by atoms with Crippen LogP contribution in [0.4, 0.5) is 10.6 Å². The van der Waals surface area contributed by atoms with E-state index in [4.69, 9.17) is 13.9 Å². The quantitative estimate of drug-likeness (QED) is 0.301. The number of aryl methyl sites for hydroxylation is 1. The lowest BCUT2D eigenvalue weighted by Gasteiger charge is -2.19. The summed E-state index contributed by atoms with van der Waals surface area (Å²) in [6.07, 6.45) is 1.44. The number of esters is 1. The van der Waals surface area contributed by atoms with Crippen LogP contribution in [0.5, 0.6) is 5.75 Å². The Morgan fingerprint density at radius 1 is 1.03 bits per heavy atom. The van der Waals surface area contributed by atoms with E-state index in [1.807, 2.05) is 13.0 Å². The van der Waals surface area contributed by atoms with Crippen LogP contribution in [-0.2, 0) is 16.1 Å². The third kappa shape index (κ3) is 5.99. The number of imide groups is 1. The number of aromatic nitrogens is 1. The minimum Gasteiger partial charge on any atom is -0.489 e. The number of fused-ring (bicyclic) bond motifs is 1. The number of anilines is 1. The molecule has 4 aromatic rings. The molecule has 0 aliphatic heterocycles. The zero-order chi connectivity index (χ0) is 26.4. The third-order valence-corrected chi connectivity index (χ3v) is 5.39. The molecule has 10 heteroatoms. The number of urea groups is 1. The highest BCUT2D eigenvalue weighted by molar-refractivity contribution is 6.14. The minimum absolute atomic E-state index is 0.107. The van der Waals surface area contributed by atoms with Crippen LogP contribution in [-0.4, -0.2) is 36.5 Å². The van der Waals surface area contributed by atoms with Crippen molar-refractivity contribution < 1.29 is 28.3 Å². The van der Waals surface area contributed by atoms with Crippen LogP contribution in [0.3, 0.4) is 0 Å². The molecule has 2 heterocycles. The van der Waals surface area contributed by atoms with Gasteiger partial charge in [-0.25, -0.2) is 24.3 Å². The summed E-state index contributed by atoms with van der Waals surface area (Å²) >= 11 is 0. The first-order valence-electron chi connectivity index (χ1n) is 11.2. The number of benzene rings is 2. The van der Waals surface area contributed by atoms with E-state index in [0.717, 1.165) is 21.4 Å². The molecule has 2 aromatic carbocycles. The molecule has 0 spiro atoms. The summed E-state index contributed by atoms with van der Waals surface area (Å²) in [4.78, 5) is 53.6. The number of nitrogens with one attached hydrogen (secondary N) is 1. The third-order valence-electron chi connectivity index (χ3n) is 5.39. The second-order valence-electron chi connectivity index (χ2n) is 7.94. The van der Waals surface area contributed by atoms with Gasteiger partial charge in [-0.05, 0) is 54.4 Å². The lowest BCUT2D eigenvalue weighted by Crippen LogP contribution is -2.45. The van der Waals surface area contributed by atoms with Gasteiger partial charge in [-0.1, -0.05) is 18.2 Å². The monoisotopic (exact) mass is 501 g/mol. The molecular formula is C27H23N3O7. The molecular weight excluding hydrogens is 478 g/mol. The Kier molecular flexibility index (Phi) is 7.58. The number of rotatable bonds is 7. The second kappa shape index (κ2) is 11.2. The maximum absolute atomic E-state index is 12.6. The summed E-state index contributed by atoms with van der Waals surface area (Å²) < 4.78 is 16.1. The van der Waals surface area contributed by atoms with Crippen molar-refractivity contribution >= 4 is 34.7 Å². The SMILES string of the molecule is CNC(=O)N(C(=O)COC(=O)c1ccc(COc2ccc3c(C)cc(=O)oc3c2)cc1)c1ccccn1. The van der Waals surface area contributed by atoms with Crippen molar-refractivity contribution in [1.29, 1.82) is 0 Å². The van der Waals surface area contributed by atoms with Crippen LogP contribution in [0.1, 0.15) is 21.5 Å². The van der Waals surface area contributed by atoms with Gasteiger partial charge in [-0.2, -0.15) is 0 Å². The normalized spacial score (nSPS) is 10.5. The smallest absolute Gasteiger partial charge is 0.338 e. The highest BCUT2D eigenvalue weighted by Gasteiger charge is 2.25. The number of carbonyl (C=O) groups is 3. The average Bonchev–Trinajstić information content (AvgIpc) is 2.91. The molecule has 0 saturated heterocycles. The average molecular weight is 501 g/mol. The van der Waals surface area contributed by atoms with Crippen molar-refractivity contribution in [2.75, 3.05) is 18.6 Å². The summed E-state index contributed by atoms with van der Waals surface area (Å²) in [5.74, 6) is -0.843. The maximum atomic E-state index is 12.6. The molecule has 1 N–H and O–H groups in total. The fraction of sp³-hybridized carbons (Fsp3) is 0.148. The van der Waals surface area contributed by atoms with Gasteiger partial charge < -0.3 is 19.2 Å². The predicted octanol–water partition coefficient (Wildman–Crippen LogP) is 3.60. The molecule has 2 aromatic heterocycles. The van der Waals surface area contributed by atoms with Crippen molar-refractivity contribution in [3.8, 4) is 5.75 Å². The van der Waals surface area contributed by atoms with Gasteiger partial charge in [0.25, 0.3) is 5.91 Å². The van der Waals surface area contributed by atoms with Crippen LogP contribution in [0.2, 0.25) is 0 Å². The highest BCUT2D eigenvalue weighted by atomic mass is 16.5. The summed E-state index contributed by atoms with van der Waals surface area (Å²) in [5.41, 5.74) is 1.83. The maximum Gasteiger partial charge on any atom is 0.338 e. The number of ether oxygens (including phenoxy) is 2. The van der Waals surface area contributed by atoms with Gasteiger partial charge in [-0.3, -0.25) is 4.79 Å². The number of hydrogen-bond donors (Lipinski definition) is 1. The van der Waals surface area contributed by atoms with E-state index in [0.29, 0.717) is 11.3 Å². The standard InChI is InChI=1S/C27H23N3O7/c1-17-13-25(32)37-22-14-20(10-11-21(17)22)35-15-18-6-8-19(9-7-18)26(33)36-16-24(31)30(27(34)28-2)23-5-3-4-12-29-23/h3-14H,15-16H2,1-2H3,(H,28,34). The molecule has 3 amide bonds. The van der Waals surface area contributed by atoms with E-state index < -0.39 is 30.1 Å². The Balaban J connectivity index is 1.35. The Labute approximate surface area is 211 Å². The molecule has 0 aliphatic carbocycles. The lowest BCUT2D eigenvalue weighted by atomic mass is 10.1. The molecule has 37 heavy (non-hydrogen) atoms. The van der Waals surface area contributed by atoms with Crippen molar-refractivity contribution in [1.82, 2.24) is 10.3 Å². The zero-order valence-corrected chi connectivity index (χ0v) is 20.1. The number of nitrogens with zero attached hydrogens (tertiary/aromatic N) is 2. The van der Waals surface area contributed by atoms with Crippen LogP contribution in [0, 0.1) is 6.92 Å². The van der Waals surface area contributed by atoms with Gasteiger partial charge >= 0.3 is 17.6 Å². The highest BCUT2D eigenvalue weighted by Crippen LogP contribution is 2.23. The molecule has 10 nitrogen and oxygen atoms in total. The lowest BCUT2D eigenvalue weighted by molar-refractivity contribution is -0.121. The fourth-order valence-electron chi connectivity index (χ4n) is 3.52. The van der Waals surface area contributed by atoms with Crippen LogP contribution >= 0.6 is 0 Å². The van der Waals surface area contributed by atoms with Gasteiger partial charge in [0, 0.05) is 30.8 Å². The molecule has 0 fully saturated rings. The van der Waals surface area contributed by atoms with Crippen molar-refractivity contribution in [2.45, 2.75) is 13.5 Å². The predicted molar refractivity (Wildman–Crippen MR) is 134 cm³/mol. The largest absolute Gasteiger partial charge is 0.489 e. The van der Waals surface area contributed by atoms with E-state index in [1.165, 1.54) is 25.4 Å². The van der Waals surface area contributed by atoms with Crippen LogP contribution in [0.15, 0.2) is 82.1 Å². The first kappa shape index (κ1) is 25.1. The fourth-order valence-corrected chi connectivity index (χ4v) is 3.52. The van der Waals surface area contributed by atoms with Crippen LogP contribution < -0.4 is 20.6 Å². The summed E-state index contributed by atoms with van der Waals surface area (Å²) in [6, 6.07) is 17.2. The number of carbonyl (C=O) groups excluding carboxylic acids is 3. The first-order valence-corrected chi connectivity index (χ1v) is 11.2. The van der Waals surface area contributed by atoms with Gasteiger partial charge in [0.1, 0.15) is 23.8 Å². The molecule has 188 valence electrons. The van der Waals surface area contributed by atoms with Gasteiger partial charge in [0.05, 0.1) is 5.56 Å². The van der Waals surface area contributed by atoms with Crippen LogP contribution in [0.25, 0.3) is 11.0 Å². The van der Waals surface area contributed by atoms with Gasteiger partial charge in [0.15, 0.2) is 6.61 Å². The summed E-state index contributed by atoms with van der Waals surface area (Å²) in [5, 5.41) is 3.19. The number of amides is 3. The van der Waals surface area contributed by atoms with Gasteiger partial charge in [0.2, 0.25) is 0 Å². The molecule has 0 unspecified atom stereocenters. The second-order valence-corrected chi connectivity index (χ2v) is 7.94. The molecule has 0 aliphatic rings. The van der Waals surface area contributed by atoms with E-state index in [9.17, 15) is 19.2 Å². The van der Waals surface area contributed by atoms with Gasteiger partial charge in [-0.15, -0.1) is 0 Å². The van der Waals surface area contributed by atoms with E-state index in [2.05, 4.69) is 10.3 Å². The molecule has 0 radical (unpaired) electrons. The zero-order valence-electron chi connectivity index (χ0n) is 20.1. The molecule has 0 bridgehead atoms. The Morgan fingerprint density at radius 2 is 1.81 bits per heavy atom. The van der Waals surface area contributed by atoms with Crippen molar-refractivity contribution in [3.63, 3.8) is 0 Å². The van der Waals surface area contributed by atoms with Crippen molar-refractivity contribution in [2.24, 2.45) is 0 Å². The topological polar surface area (TPSA) is 128 Å². The Hall–Kier alpha value is -4.99. The number of hydrogen-bond acceptors (Lipinski definition) is 8. The molecule has 0 saturated carbocycles. The Morgan fingerprint density at radius 3 is 2.51 bits per heavy atom.